The molecule has 5 nitrogen and oxygen atoms in total. The molecule has 2 aliphatic heterocycles. The second kappa shape index (κ2) is 4.89. The molecule has 0 aromatic heterocycles. The van der Waals surface area contributed by atoms with Gasteiger partial charge < -0.3 is 5.73 Å². The van der Waals surface area contributed by atoms with Gasteiger partial charge in [-0.1, -0.05) is 18.6 Å². The van der Waals surface area contributed by atoms with Gasteiger partial charge in [-0.15, -0.1) is 0 Å². The Hall–Kier alpha value is -1.72. The fourth-order valence-electron chi connectivity index (χ4n) is 4.53. The molecule has 2 N–H and O–H groups in total. The molecule has 2 amide bonds. The van der Waals surface area contributed by atoms with Gasteiger partial charge in [0.25, 0.3) is 11.8 Å². The molecule has 1 aromatic carbocycles. The summed E-state index contributed by atoms with van der Waals surface area (Å²) in [5, 5.41) is 0. The smallest absolute Gasteiger partial charge is 0.262 e. The van der Waals surface area contributed by atoms with Gasteiger partial charge in [-0.25, -0.2) is 0 Å². The number of carbonyl (C=O) groups is 2. The van der Waals surface area contributed by atoms with Crippen molar-refractivity contribution < 1.29 is 9.59 Å². The predicted octanol–water partition coefficient (Wildman–Crippen LogP) is 1.30. The molecular weight excluding hydrogens is 278 g/mol. The first kappa shape index (κ1) is 13.9. The van der Waals surface area contributed by atoms with Crippen LogP contribution < -0.4 is 5.73 Å². The summed E-state index contributed by atoms with van der Waals surface area (Å²) in [4.78, 5) is 28.5. The van der Waals surface area contributed by atoms with Crippen molar-refractivity contribution in [2.75, 3.05) is 26.3 Å². The van der Waals surface area contributed by atoms with Crippen molar-refractivity contribution in [3.05, 3.63) is 35.4 Å². The van der Waals surface area contributed by atoms with E-state index < -0.39 is 0 Å². The van der Waals surface area contributed by atoms with Crippen LogP contribution in [0.15, 0.2) is 24.3 Å². The van der Waals surface area contributed by atoms with Crippen LogP contribution in [0.3, 0.4) is 0 Å². The average Bonchev–Trinajstić information content (AvgIpc) is 3.14. The normalized spacial score (nSPS) is 31.0. The third-order valence-electron chi connectivity index (χ3n) is 5.74. The van der Waals surface area contributed by atoms with Gasteiger partial charge in [0, 0.05) is 13.1 Å². The number of likely N-dealkylation sites (tertiary alicyclic amines) is 1. The molecule has 1 aromatic rings. The van der Waals surface area contributed by atoms with Crippen LogP contribution in [0.1, 0.15) is 40.0 Å². The molecule has 2 heterocycles. The Bertz CT molecular complexity index is 610. The van der Waals surface area contributed by atoms with E-state index in [1.807, 2.05) is 0 Å². The second-order valence-electron chi connectivity index (χ2n) is 6.89. The average molecular weight is 299 g/mol. The lowest BCUT2D eigenvalue weighted by Gasteiger charge is -2.28. The van der Waals surface area contributed by atoms with Crippen LogP contribution in [-0.4, -0.2) is 47.9 Å². The first-order valence-corrected chi connectivity index (χ1v) is 8.02. The number of imide groups is 1. The summed E-state index contributed by atoms with van der Waals surface area (Å²) in [7, 11) is 0. The lowest BCUT2D eigenvalue weighted by Crippen LogP contribution is -2.42. The summed E-state index contributed by atoms with van der Waals surface area (Å²) in [6, 6.07) is 7.07. The molecule has 0 spiro atoms. The van der Waals surface area contributed by atoms with E-state index in [1.165, 1.54) is 24.2 Å². The fourth-order valence-corrected chi connectivity index (χ4v) is 4.53. The van der Waals surface area contributed by atoms with Crippen molar-refractivity contribution in [1.82, 2.24) is 9.80 Å². The first-order valence-electron chi connectivity index (χ1n) is 8.02. The number of carbonyl (C=O) groups excluding carboxylic acids is 2. The number of nitrogens with zero attached hydrogens (tertiary/aromatic N) is 2. The van der Waals surface area contributed by atoms with Crippen LogP contribution >= 0.6 is 0 Å². The van der Waals surface area contributed by atoms with E-state index in [2.05, 4.69) is 4.90 Å². The molecule has 0 radical (unpaired) electrons. The van der Waals surface area contributed by atoms with Crippen molar-refractivity contribution in [1.29, 1.82) is 0 Å². The van der Waals surface area contributed by atoms with E-state index in [0.29, 0.717) is 30.3 Å². The SMILES string of the molecule is NC[C@]12CCC[C@H]1CN(CN1C(=O)c3ccccc3C1=O)C2. The van der Waals surface area contributed by atoms with Gasteiger partial charge in [-0.2, -0.15) is 0 Å². The molecule has 1 aliphatic carbocycles. The molecule has 1 saturated carbocycles. The van der Waals surface area contributed by atoms with E-state index in [1.54, 1.807) is 24.3 Å². The van der Waals surface area contributed by atoms with Gasteiger partial charge in [0.2, 0.25) is 0 Å². The number of benzene rings is 1. The number of hydrogen-bond donors (Lipinski definition) is 1. The maximum atomic E-state index is 12.4. The Morgan fingerprint density at radius 1 is 1.18 bits per heavy atom. The van der Waals surface area contributed by atoms with Gasteiger partial charge in [-0.05, 0) is 42.9 Å². The van der Waals surface area contributed by atoms with Gasteiger partial charge in [0.05, 0.1) is 17.8 Å². The lowest BCUT2D eigenvalue weighted by molar-refractivity contribution is 0.0550. The maximum Gasteiger partial charge on any atom is 0.262 e. The zero-order valence-corrected chi connectivity index (χ0v) is 12.6. The molecule has 2 fully saturated rings. The molecular formula is C17H21N3O2. The van der Waals surface area contributed by atoms with E-state index >= 15 is 0 Å². The number of rotatable bonds is 3. The Labute approximate surface area is 130 Å². The Kier molecular flexibility index (Phi) is 3.09. The summed E-state index contributed by atoms with van der Waals surface area (Å²) in [5.74, 6) is 0.284. The fraction of sp³-hybridized carbons (Fsp3) is 0.529. The quantitative estimate of drug-likeness (QED) is 0.854. The van der Waals surface area contributed by atoms with Crippen molar-refractivity contribution in [2.45, 2.75) is 19.3 Å². The van der Waals surface area contributed by atoms with E-state index in [9.17, 15) is 9.59 Å². The van der Waals surface area contributed by atoms with Gasteiger partial charge in [0.1, 0.15) is 0 Å². The van der Waals surface area contributed by atoms with Crippen LogP contribution in [0, 0.1) is 11.3 Å². The highest BCUT2D eigenvalue weighted by molar-refractivity contribution is 6.21. The number of fused-ring (bicyclic) bond motifs is 2. The largest absolute Gasteiger partial charge is 0.330 e. The van der Waals surface area contributed by atoms with Crippen molar-refractivity contribution in [2.24, 2.45) is 17.1 Å². The van der Waals surface area contributed by atoms with E-state index in [4.69, 9.17) is 5.73 Å². The molecule has 3 aliphatic rings. The highest BCUT2D eigenvalue weighted by Gasteiger charge is 2.49. The minimum Gasteiger partial charge on any atom is -0.330 e. The standard InChI is InChI=1S/C17H21N3O2/c18-9-17-7-3-4-12(17)8-19(10-17)11-20-15(21)13-5-1-2-6-14(13)16(20)22/h1-2,5-6,12H,3-4,7-11,18H2/t12-,17-/m0/s1. The molecule has 116 valence electrons. The molecule has 0 bridgehead atoms. The van der Waals surface area contributed by atoms with Gasteiger partial charge in [-0.3, -0.25) is 19.4 Å². The zero-order valence-electron chi connectivity index (χ0n) is 12.6. The third kappa shape index (κ3) is 1.85. The Morgan fingerprint density at radius 3 is 2.45 bits per heavy atom. The topological polar surface area (TPSA) is 66.6 Å². The maximum absolute atomic E-state index is 12.4. The van der Waals surface area contributed by atoms with Crippen LogP contribution in [0.4, 0.5) is 0 Å². The van der Waals surface area contributed by atoms with E-state index in [0.717, 1.165) is 13.1 Å². The summed E-state index contributed by atoms with van der Waals surface area (Å²) in [6.45, 7) is 2.95. The number of nitrogens with two attached hydrogens (primary N) is 1. The summed E-state index contributed by atoms with van der Waals surface area (Å²) < 4.78 is 0. The lowest BCUT2D eigenvalue weighted by atomic mass is 9.81. The monoisotopic (exact) mass is 299 g/mol. The minimum absolute atomic E-state index is 0.167. The van der Waals surface area contributed by atoms with Crippen LogP contribution in [0.5, 0.6) is 0 Å². The van der Waals surface area contributed by atoms with Crippen LogP contribution in [0.2, 0.25) is 0 Å². The highest BCUT2D eigenvalue weighted by Crippen LogP contribution is 2.48. The molecule has 2 atom stereocenters. The molecule has 5 heteroatoms. The third-order valence-corrected chi connectivity index (χ3v) is 5.74. The molecule has 1 saturated heterocycles. The molecule has 22 heavy (non-hydrogen) atoms. The minimum atomic E-state index is -0.167. The number of amides is 2. The van der Waals surface area contributed by atoms with Crippen molar-refractivity contribution in [3.8, 4) is 0 Å². The van der Waals surface area contributed by atoms with E-state index in [-0.39, 0.29) is 17.2 Å². The summed E-state index contributed by atoms with van der Waals surface area (Å²) >= 11 is 0. The zero-order chi connectivity index (χ0) is 15.3. The predicted molar refractivity (Wildman–Crippen MR) is 82.2 cm³/mol. The summed E-state index contributed by atoms with van der Waals surface area (Å²) in [5.41, 5.74) is 7.29. The molecule has 4 rings (SSSR count). The van der Waals surface area contributed by atoms with Crippen LogP contribution in [0.25, 0.3) is 0 Å². The number of hydrogen-bond acceptors (Lipinski definition) is 4. The first-order chi connectivity index (χ1) is 10.6. The van der Waals surface area contributed by atoms with Crippen molar-refractivity contribution >= 4 is 11.8 Å². The van der Waals surface area contributed by atoms with Gasteiger partial charge in [0.15, 0.2) is 0 Å². The van der Waals surface area contributed by atoms with Crippen LogP contribution in [-0.2, 0) is 0 Å². The second-order valence-corrected chi connectivity index (χ2v) is 6.89. The highest BCUT2D eigenvalue weighted by atomic mass is 16.2. The van der Waals surface area contributed by atoms with Gasteiger partial charge >= 0.3 is 0 Å². The summed E-state index contributed by atoms with van der Waals surface area (Å²) in [6.07, 6.45) is 3.64. The Morgan fingerprint density at radius 2 is 1.86 bits per heavy atom. The van der Waals surface area contributed by atoms with Crippen molar-refractivity contribution in [3.63, 3.8) is 0 Å². The Balaban J connectivity index is 1.52. The molecule has 0 unspecified atom stereocenters.